The number of rotatable bonds is 8. The molecule has 1 N–H and O–H groups in total. The van der Waals surface area contributed by atoms with Gasteiger partial charge in [-0.15, -0.1) is 0 Å². The van der Waals surface area contributed by atoms with Gasteiger partial charge in [-0.1, -0.05) is 36.4 Å². The molecule has 9 heteroatoms. The number of allylic oxidation sites excluding steroid dienone is 3. The van der Waals surface area contributed by atoms with Crippen molar-refractivity contribution in [3.05, 3.63) is 48.2 Å². The highest BCUT2D eigenvalue weighted by Gasteiger charge is 2.50. The summed E-state index contributed by atoms with van der Waals surface area (Å²) in [7, 11) is 1.58. The molecule has 1 spiro atoms. The minimum Gasteiger partial charge on any atom is -0.493 e. The second-order valence-electron chi connectivity index (χ2n) is 11.6. The zero-order valence-corrected chi connectivity index (χ0v) is 24.6. The van der Waals surface area contributed by atoms with E-state index in [1.54, 1.807) is 7.11 Å². The molecule has 41 heavy (non-hydrogen) atoms. The minimum absolute atomic E-state index is 0.0322. The van der Waals surface area contributed by atoms with Gasteiger partial charge in [0.25, 0.3) is 0 Å². The number of benzene rings is 1. The maximum atomic E-state index is 13.3. The molecule has 0 bridgehead atoms. The zero-order valence-electron chi connectivity index (χ0n) is 24.6. The Balaban J connectivity index is 1.07. The van der Waals surface area contributed by atoms with E-state index in [0.29, 0.717) is 25.0 Å². The Morgan fingerprint density at radius 2 is 1.95 bits per heavy atom. The number of carbonyl (C=O) groups excluding carboxylic acids is 1. The first-order valence-electron chi connectivity index (χ1n) is 15.0. The zero-order chi connectivity index (χ0) is 28.7. The summed E-state index contributed by atoms with van der Waals surface area (Å²) in [5.41, 5.74) is 3.50. The van der Waals surface area contributed by atoms with E-state index < -0.39 is 0 Å². The van der Waals surface area contributed by atoms with E-state index in [2.05, 4.69) is 69.3 Å². The van der Waals surface area contributed by atoms with Gasteiger partial charge in [-0.05, 0) is 74.4 Å². The van der Waals surface area contributed by atoms with Crippen molar-refractivity contribution >= 4 is 29.9 Å². The first-order chi connectivity index (χ1) is 20.0. The Bertz CT molecular complexity index is 1190. The Morgan fingerprint density at radius 3 is 2.56 bits per heavy atom. The van der Waals surface area contributed by atoms with Crippen LogP contribution in [0.4, 0.5) is 0 Å². The van der Waals surface area contributed by atoms with Crippen LogP contribution < -0.4 is 10.1 Å². The first-order valence-corrected chi connectivity index (χ1v) is 15.0. The number of carbonyl (C=O) groups is 1. The van der Waals surface area contributed by atoms with Crippen molar-refractivity contribution in [1.82, 2.24) is 15.1 Å². The molecule has 4 aliphatic rings. The third-order valence-corrected chi connectivity index (χ3v) is 8.93. The molecule has 1 amide bonds. The van der Waals surface area contributed by atoms with Crippen LogP contribution in [-0.2, 0) is 9.63 Å². The summed E-state index contributed by atoms with van der Waals surface area (Å²) in [6.45, 7) is 11.4. The molecule has 0 radical (unpaired) electrons. The fourth-order valence-corrected chi connectivity index (χ4v) is 6.30. The van der Waals surface area contributed by atoms with Gasteiger partial charge in [0.15, 0.2) is 0 Å². The quantitative estimate of drug-likeness (QED) is 0.290. The maximum Gasteiger partial charge on any atom is 0.226 e. The van der Waals surface area contributed by atoms with Crippen LogP contribution in [-0.4, -0.2) is 87.1 Å². The van der Waals surface area contributed by atoms with Crippen molar-refractivity contribution in [2.45, 2.75) is 45.4 Å². The fraction of sp³-hybridized carbons (Fsp3) is 0.562. The van der Waals surface area contributed by atoms with Crippen LogP contribution in [0, 0.1) is 17.3 Å². The largest absolute Gasteiger partial charge is 0.493 e. The third kappa shape index (κ3) is 6.72. The molecule has 1 atom stereocenters. The lowest BCUT2D eigenvalue weighted by atomic mass is 9.79. The van der Waals surface area contributed by atoms with Gasteiger partial charge >= 0.3 is 0 Å². The molecule has 3 heterocycles. The Hall–Kier alpha value is -3.46. The van der Waals surface area contributed by atoms with Gasteiger partial charge in [-0.3, -0.25) is 4.79 Å². The van der Waals surface area contributed by atoms with Crippen LogP contribution in [0.5, 0.6) is 5.75 Å². The standard InChI is InChI=1S/C32H44N6O3/c1-4-5-16-35-31(33-2)37-17-14-24(15-18-37)20-41-28-12-10-26(11-13-28)25-6-8-27(9-7-25)30(39)38-19-29(36-40-3)32(23-38)21-34-22-32/h5-6,10-13,16,24,27,34H,2,4,7-9,14-15,17-23H2,1,3H3/b16-5+,35-31?,36-29+. The number of likely N-dealkylation sites (tertiary alicyclic amines) is 2. The smallest absolute Gasteiger partial charge is 0.226 e. The normalized spacial score (nSPS) is 24.0. The van der Waals surface area contributed by atoms with Crippen LogP contribution in [0.3, 0.4) is 0 Å². The van der Waals surface area contributed by atoms with Crippen molar-refractivity contribution < 1.29 is 14.4 Å². The third-order valence-electron chi connectivity index (χ3n) is 8.93. The van der Waals surface area contributed by atoms with Crippen LogP contribution in [0.15, 0.2) is 57.8 Å². The average Bonchev–Trinajstić information content (AvgIpc) is 3.39. The van der Waals surface area contributed by atoms with E-state index in [4.69, 9.17) is 9.57 Å². The van der Waals surface area contributed by atoms with Crippen LogP contribution >= 0.6 is 0 Å². The molecule has 1 aliphatic carbocycles. The summed E-state index contributed by atoms with van der Waals surface area (Å²) in [6, 6.07) is 8.44. The first kappa shape index (κ1) is 29.0. The average molecular weight is 561 g/mol. The minimum atomic E-state index is -0.0322. The highest BCUT2D eigenvalue weighted by atomic mass is 16.6. The predicted octanol–water partition coefficient (Wildman–Crippen LogP) is 4.38. The second kappa shape index (κ2) is 13.5. The summed E-state index contributed by atoms with van der Waals surface area (Å²) in [5.74, 6) is 2.42. The van der Waals surface area contributed by atoms with Gasteiger partial charge in [-0.25, -0.2) is 9.98 Å². The molecule has 9 nitrogen and oxygen atoms in total. The van der Waals surface area contributed by atoms with E-state index in [1.165, 1.54) is 11.1 Å². The van der Waals surface area contributed by atoms with E-state index in [1.807, 2.05) is 17.2 Å². The molecule has 0 saturated carbocycles. The van der Waals surface area contributed by atoms with Crippen molar-refractivity contribution in [1.29, 1.82) is 0 Å². The maximum absolute atomic E-state index is 13.3. The van der Waals surface area contributed by atoms with Gasteiger partial charge in [0.1, 0.15) is 12.9 Å². The molecule has 5 rings (SSSR count). The van der Waals surface area contributed by atoms with E-state index >= 15 is 0 Å². The molecule has 1 unspecified atom stereocenters. The van der Waals surface area contributed by atoms with Crippen LogP contribution in [0.2, 0.25) is 0 Å². The number of hydrogen-bond acceptors (Lipinski definition) is 6. The number of piperidine rings is 1. The lowest BCUT2D eigenvalue weighted by molar-refractivity contribution is -0.135. The summed E-state index contributed by atoms with van der Waals surface area (Å²) >= 11 is 0. The number of hydrogen-bond donors (Lipinski definition) is 1. The lowest BCUT2D eigenvalue weighted by Gasteiger charge is -2.39. The highest BCUT2D eigenvalue weighted by Crippen LogP contribution is 2.36. The highest BCUT2D eigenvalue weighted by molar-refractivity contribution is 5.99. The molecule has 0 aromatic heterocycles. The van der Waals surface area contributed by atoms with Gasteiger partial charge in [0.05, 0.1) is 24.3 Å². The van der Waals surface area contributed by atoms with Crippen molar-refractivity contribution in [3.8, 4) is 5.75 Å². The van der Waals surface area contributed by atoms with E-state index in [9.17, 15) is 4.79 Å². The summed E-state index contributed by atoms with van der Waals surface area (Å²) in [6.07, 6.45) is 11.7. The molecule has 1 aromatic rings. The van der Waals surface area contributed by atoms with Gasteiger partial charge < -0.3 is 24.7 Å². The van der Waals surface area contributed by atoms with Crippen molar-refractivity contribution in [3.63, 3.8) is 0 Å². The molecule has 3 fully saturated rings. The van der Waals surface area contributed by atoms with Gasteiger partial charge in [0, 0.05) is 44.8 Å². The number of nitrogens with one attached hydrogen (secondary N) is 1. The fourth-order valence-electron chi connectivity index (χ4n) is 6.30. The Kier molecular flexibility index (Phi) is 9.54. The molecular formula is C32H44N6O3. The molecule has 3 saturated heterocycles. The summed E-state index contributed by atoms with van der Waals surface area (Å²) in [5, 5.41) is 7.58. The van der Waals surface area contributed by atoms with Gasteiger partial charge in [-0.2, -0.15) is 0 Å². The number of aliphatic imine (C=N–C) groups is 2. The lowest BCUT2D eigenvalue weighted by Crippen LogP contribution is -2.58. The second-order valence-corrected chi connectivity index (χ2v) is 11.6. The predicted molar refractivity (Wildman–Crippen MR) is 164 cm³/mol. The monoisotopic (exact) mass is 560 g/mol. The van der Waals surface area contributed by atoms with Gasteiger partial charge in [0.2, 0.25) is 11.9 Å². The number of amides is 1. The number of guanidine groups is 1. The molecule has 1 aromatic carbocycles. The van der Waals surface area contributed by atoms with E-state index in [-0.39, 0.29) is 17.2 Å². The van der Waals surface area contributed by atoms with Crippen molar-refractivity contribution in [2.75, 3.05) is 53.0 Å². The SMILES string of the molecule is C=NC(=N/C=C/CC)N1CCC(COc2ccc(C3=CCC(C(=O)N4C/C(=N\OC)C5(CNC5)C4)CC3)cc2)CC1. The number of oxime groups is 1. The Morgan fingerprint density at radius 1 is 1.17 bits per heavy atom. The summed E-state index contributed by atoms with van der Waals surface area (Å²) < 4.78 is 6.16. The molecular weight excluding hydrogens is 516 g/mol. The van der Waals surface area contributed by atoms with Crippen molar-refractivity contribution in [2.24, 2.45) is 32.4 Å². The molecule has 220 valence electrons. The number of ether oxygens (including phenoxy) is 1. The molecule has 3 aliphatic heterocycles. The van der Waals surface area contributed by atoms with Crippen LogP contribution in [0.25, 0.3) is 5.57 Å². The van der Waals surface area contributed by atoms with E-state index in [0.717, 1.165) is 82.7 Å². The van der Waals surface area contributed by atoms with Crippen LogP contribution in [0.1, 0.15) is 51.0 Å². The summed E-state index contributed by atoms with van der Waals surface area (Å²) in [4.78, 5) is 31.1. The topological polar surface area (TPSA) is 91.1 Å². The number of nitrogens with zero attached hydrogens (tertiary/aromatic N) is 5. The Labute approximate surface area is 244 Å².